The first-order valence-corrected chi connectivity index (χ1v) is 9.97. The SMILES string of the molecule is C=C(CCC)c1cnc2c(C)c(C)c(C)cc2c1NCCCNC.CC. The molecule has 0 amide bonds. The van der Waals surface area contributed by atoms with E-state index in [1.54, 1.807) is 0 Å². The van der Waals surface area contributed by atoms with Crippen LogP contribution in [0.3, 0.4) is 0 Å². The summed E-state index contributed by atoms with van der Waals surface area (Å²) in [5.74, 6) is 0. The van der Waals surface area contributed by atoms with Crippen molar-refractivity contribution in [3.63, 3.8) is 0 Å². The third-order valence-electron chi connectivity index (χ3n) is 4.82. The summed E-state index contributed by atoms with van der Waals surface area (Å²) in [4.78, 5) is 4.78. The first-order valence-electron chi connectivity index (χ1n) is 9.97. The summed E-state index contributed by atoms with van der Waals surface area (Å²) in [6.45, 7) is 19.0. The zero-order valence-corrected chi connectivity index (χ0v) is 17.8. The molecule has 1 heterocycles. The molecular formula is C23H37N3. The van der Waals surface area contributed by atoms with Gasteiger partial charge in [-0.05, 0) is 75.5 Å². The molecule has 2 N–H and O–H groups in total. The highest BCUT2D eigenvalue weighted by molar-refractivity contribution is 5.99. The Morgan fingerprint density at radius 1 is 1.12 bits per heavy atom. The summed E-state index contributed by atoms with van der Waals surface area (Å²) < 4.78 is 0. The molecule has 0 saturated heterocycles. The number of hydrogen-bond acceptors (Lipinski definition) is 3. The van der Waals surface area contributed by atoms with Crippen molar-refractivity contribution in [3.8, 4) is 0 Å². The van der Waals surface area contributed by atoms with Crippen molar-refractivity contribution in [2.75, 3.05) is 25.5 Å². The lowest BCUT2D eigenvalue weighted by molar-refractivity contribution is 0.748. The van der Waals surface area contributed by atoms with E-state index in [9.17, 15) is 0 Å². The molecule has 0 aliphatic heterocycles. The lowest BCUT2D eigenvalue weighted by Gasteiger charge is -2.18. The number of anilines is 1. The van der Waals surface area contributed by atoms with Crippen LogP contribution in [0.4, 0.5) is 5.69 Å². The fourth-order valence-corrected chi connectivity index (χ4v) is 3.14. The van der Waals surface area contributed by atoms with Crippen LogP contribution in [0.15, 0.2) is 18.8 Å². The molecule has 0 radical (unpaired) electrons. The van der Waals surface area contributed by atoms with E-state index in [0.29, 0.717) is 0 Å². The predicted molar refractivity (Wildman–Crippen MR) is 118 cm³/mol. The van der Waals surface area contributed by atoms with Gasteiger partial charge in [-0.2, -0.15) is 0 Å². The largest absolute Gasteiger partial charge is 0.384 e. The molecule has 26 heavy (non-hydrogen) atoms. The van der Waals surface area contributed by atoms with Gasteiger partial charge in [0.15, 0.2) is 0 Å². The third-order valence-corrected chi connectivity index (χ3v) is 4.82. The molecule has 1 aromatic carbocycles. The van der Waals surface area contributed by atoms with Gasteiger partial charge in [-0.25, -0.2) is 0 Å². The second-order valence-corrected chi connectivity index (χ2v) is 6.62. The van der Waals surface area contributed by atoms with E-state index in [1.165, 1.54) is 33.3 Å². The highest BCUT2D eigenvalue weighted by Gasteiger charge is 2.14. The molecule has 0 unspecified atom stereocenters. The highest BCUT2D eigenvalue weighted by Crippen LogP contribution is 2.35. The molecule has 0 aliphatic rings. The van der Waals surface area contributed by atoms with Gasteiger partial charge in [0.25, 0.3) is 0 Å². The maximum absolute atomic E-state index is 4.78. The molecular weight excluding hydrogens is 318 g/mol. The summed E-state index contributed by atoms with van der Waals surface area (Å²) in [5.41, 5.74) is 8.55. The Kier molecular flexibility index (Phi) is 9.36. The normalized spacial score (nSPS) is 10.4. The Balaban J connectivity index is 0.00000163. The first-order chi connectivity index (χ1) is 12.5. The van der Waals surface area contributed by atoms with Gasteiger partial charge in [0.1, 0.15) is 0 Å². The minimum Gasteiger partial charge on any atom is -0.384 e. The van der Waals surface area contributed by atoms with E-state index in [4.69, 9.17) is 4.98 Å². The molecule has 3 nitrogen and oxygen atoms in total. The molecule has 144 valence electrons. The van der Waals surface area contributed by atoms with E-state index in [1.807, 2.05) is 27.1 Å². The second kappa shape index (κ2) is 11.0. The number of fused-ring (bicyclic) bond motifs is 1. The Hall–Kier alpha value is -1.87. The van der Waals surface area contributed by atoms with Crippen LogP contribution in [0.25, 0.3) is 16.5 Å². The maximum Gasteiger partial charge on any atom is 0.0755 e. The monoisotopic (exact) mass is 355 g/mol. The number of rotatable bonds is 8. The van der Waals surface area contributed by atoms with Gasteiger partial charge in [0.2, 0.25) is 0 Å². The Bertz CT molecular complexity index is 732. The van der Waals surface area contributed by atoms with Crippen molar-refractivity contribution >= 4 is 22.2 Å². The summed E-state index contributed by atoms with van der Waals surface area (Å²) >= 11 is 0. The smallest absolute Gasteiger partial charge is 0.0755 e. The number of benzene rings is 1. The zero-order valence-electron chi connectivity index (χ0n) is 17.8. The van der Waals surface area contributed by atoms with Gasteiger partial charge in [-0.3, -0.25) is 4.98 Å². The second-order valence-electron chi connectivity index (χ2n) is 6.62. The van der Waals surface area contributed by atoms with Crippen molar-refractivity contribution < 1.29 is 0 Å². The minimum atomic E-state index is 0.943. The van der Waals surface area contributed by atoms with E-state index in [-0.39, 0.29) is 0 Å². The van der Waals surface area contributed by atoms with Crippen LogP contribution in [0.1, 0.15) is 62.3 Å². The van der Waals surface area contributed by atoms with Crippen LogP contribution in [0.5, 0.6) is 0 Å². The number of nitrogens with one attached hydrogen (secondary N) is 2. The van der Waals surface area contributed by atoms with Gasteiger partial charge >= 0.3 is 0 Å². The van der Waals surface area contributed by atoms with Crippen LogP contribution in [-0.2, 0) is 0 Å². The zero-order chi connectivity index (χ0) is 19.7. The quantitative estimate of drug-likeness (QED) is 0.568. The Labute approximate surface area is 160 Å². The average Bonchev–Trinajstić information content (AvgIpc) is 2.65. The summed E-state index contributed by atoms with van der Waals surface area (Å²) in [7, 11) is 1.99. The van der Waals surface area contributed by atoms with Gasteiger partial charge in [-0.15, -0.1) is 0 Å². The van der Waals surface area contributed by atoms with Crippen LogP contribution < -0.4 is 10.6 Å². The summed E-state index contributed by atoms with van der Waals surface area (Å²) in [6, 6.07) is 2.27. The molecule has 2 rings (SSSR count). The lowest BCUT2D eigenvalue weighted by atomic mass is 9.95. The van der Waals surface area contributed by atoms with Crippen LogP contribution >= 0.6 is 0 Å². The highest BCUT2D eigenvalue weighted by atomic mass is 14.9. The molecule has 1 aromatic heterocycles. The van der Waals surface area contributed by atoms with Gasteiger partial charge in [0.05, 0.1) is 11.2 Å². The predicted octanol–water partition coefficient (Wildman–Crippen LogP) is 6.02. The fourth-order valence-electron chi connectivity index (χ4n) is 3.14. The number of pyridine rings is 1. The third kappa shape index (κ3) is 5.07. The average molecular weight is 356 g/mol. The van der Waals surface area contributed by atoms with Crippen LogP contribution in [0.2, 0.25) is 0 Å². The Morgan fingerprint density at radius 3 is 2.42 bits per heavy atom. The minimum absolute atomic E-state index is 0.943. The van der Waals surface area contributed by atoms with Crippen molar-refractivity contribution in [2.45, 2.75) is 60.8 Å². The summed E-state index contributed by atoms with van der Waals surface area (Å²) in [5, 5.41) is 8.09. The summed E-state index contributed by atoms with van der Waals surface area (Å²) in [6.07, 6.45) is 5.19. The molecule has 0 bridgehead atoms. The topological polar surface area (TPSA) is 37.0 Å². The molecule has 3 heteroatoms. The van der Waals surface area contributed by atoms with Gasteiger partial charge in [0, 0.05) is 23.7 Å². The van der Waals surface area contributed by atoms with Crippen molar-refractivity contribution in [1.82, 2.24) is 10.3 Å². The molecule has 0 fully saturated rings. The van der Waals surface area contributed by atoms with E-state index in [2.05, 4.69) is 51.0 Å². The molecule has 0 saturated carbocycles. The standard InChI is InChI=1S/C21H31N3.C2H6/c1-7-9-14(2)19-13-24-20-17(5)16(4)15(3)12-18(20)21(19)23-11-8-10-22-6;1-2/h12-13,22H,2,7-11H2,1,3-6H3,(H,23,24);1-2H3. The van der Waals surface area contributed by atoms with Crippen molar-refractivity contribution in [1.29, 1.82) is 0 Å². The number of aromatic nitrogens is 1. The number of nitrogens with zero attached hydrogens (tertiary/aromatic N) is 1. The van der Waals surface area contributed by atoms with E-state index >= 15 is 0 Å². The molecule has 2 aromatic rings. The first kappa shape index (κ1) is 22.2. The lowest BCUT2D eigenvalue weighted by Crippen LogP contribution is -2.14. The molecule has 0 aliphatic carbocycles. The fraction of sp³-hybridized carbons (Fsp3) is 0.522. The van der Waals surface area contributed by atoms with E-state index < -0.39 is 0 Å². The Morgan fingerprint density at radius 2 is 1.81 bits per heavy atom. The van der Waals surface area contributed by atoms with E-state index in [0.717, 1.165) is 43.4 Å². The molecule has 0 spiro atoms. The maximum atomic E-state index is 4.78. The van der Waals surface area contributed by atoms with Gasteiger partial charge in [-0.1, -0.05) is 33.8 Å². The van der Waals surface area contributed by atoms with Crippen LogP contribution in [-0.4, -0.2) is 25.1 Å². The number of allylic oxidation sites excluding steroid dienone is 1. The number of hydrogen-bond donors (Lipinski definition) is 2. The van der Waals surface area contributed by atoms with Crippen LogP contribution in [0, 0.1) is 20.8 Å². The van der Waals surface area contributed by atoms with Crippen molar-refractivity contribution in [2.24, 2.45) is 0 Å². The molecule has 0 atom stereocenters. The number of aryl methyl sites for hydroxylation is 2. The van der Waals surface area contributed by atoms with Gasteiger partial charge < -0.3 is 10.6 Å². The van der Waals surface area contributed by atoms with Crippen molar-refractivity contribution in [3.05, 3.63) is 41.1 Å².